The van der Waals surface area contributed by atoms with Crippen molar-refractivity contribution in [1.29, 1.82) is 0 Å². The summed E-state index contributed by atoms with van der Waals surface area (Å²) in [6.45, 7) is 4.84. The van der Waals surface area contributed by atoms with Gasteiger partial charge in [0.05, 0.1) is 35.5 Å². The Morgan fingerprint density at radius 2 is 1.97 bits per heavy atom. The first-order chi connectivity index (χ1) is 15.2. The molecule has 1 saturated heterocycles. The molecule has 0 amide bonds. The average molecular weight is 416 g/mol. The van der Waals surface area contributed by atoms with E-state index in [4.69, 9.17) is 9.72 Å². The number of nitrogens with zero attached hydrogens (tertiary/aromatic N) is 4. The van der Waals surface area contributed by atoms with Crippen molar-refractivity contribution in [2.45, 2.75) is 19.8 Å². The lowest BCUT2D eigenvalue weighted by atomic mass is 10.1. The third kappa shape index (κ3) is 3.41. The van der Waals surface area contributed by atoms with Gasteiger partial charge in [0.25, 0.3) is 0 Å². The number of anilines is 1. The van der Waals surface area contributed by atoms with Gasteiger partial charge in [-0.25, -0.2) is 9.78 Å². The molecule has 0 aliphatic carbocycles. The highest BCUT2D eigenvalue weighted by atomic mass is 16.5. The number of carboxylic acids is 1. The van der Waals surface area contributed by atoms with Crippen molar-refractivity contribution < 1.29 is 14.6 Å². The van der Waals surface area contributed by atoms with Crippen LogP contribution in [-0.4, -0.2) is 51.9 Å². The highest BCUT2D eigenvalue weighted by Gasteiger charge is 2.22. The lowest BCUT2D eigenvalue weighted by Gasteiger charge is -2.29. The fourth-order valence-corrected chi connectivity index (χ4v) is 4.31. The molecule has 0 unspecified atom stereocenters. The number of carboxylic acid groups (broad SMARTS) is 1. The van der Waals surface area contributed by atoms with Crippen LogP contribution < -0.4 is 4.90 Å². The first kappa shape index (κ1) is 19.5. The number of ether oxygens (including phenoxy) is 1. The molecule has 3 heterocycles. The molecule has 2 aromatic heterocycles. The van der Waals surface area contributed by atoms with Gasteiger partial charge < -0.3 is 14.7 Å². The van der Waals surface area contributed by atoms with Crippen LogP contribution in [0.1, 0.15) is 29.5 Å². The Hall–Kier alpha value is -3.45. The number of benzene rings is 2. The molecule has 1 aliphatic heterocycles. The number of hydrogen-bond acceptors (Lipinski definition) is 5. The standard InChI is InChI=1S/C24H24N4O3/c1-2-5-22-26-23-18(24(29)30)14-16(27-10-12-31-13-11-27)15-21(23)28(22)20-8-9-25-19-7-4-3-6-17(19)20/h3-4,6-9,14-15H,2,5,10-13H2,1H3,(H,29,30). The highest BCUT2D eigenvalue weighted by Crippen LogP contribution is 2.32. The van der Waals surface area contributed by atoms with Crippen LogP contribution in [-0.2, 0) is 11.2 Å². The lowest BCUT2D eigenvalue weighted by Crippen LogP contribution is -2.36. The molecule has 158 valence electrons. The summed E-state index contributed by atoms with van der Waals surface area (Å²) < 4.78 is 7.59. The van der Waals surface area contributed by atoms with E-state index in [1.807, 2.05) is 30.3 Å². The number of para-hydroxylation sites is 1. The molecule has 0 spiro atoms. The molecule has 7 nitrogen and oxygen atoms in total. The molecular formula is C24H24N4O3. The number of carbonyl (C=O) groups is 1. The van der Waals surface area contributed by atoms with E-state index in [2.05, 4.69) is 27.4 Å². The van der Waals surface area contributed by atoms with Crippen LogP contribution in [0.4, 0.5) is 5.69 Å². The number of pyridine rings is 1. The second kappa shape index (κ2) is 8.00. The summed E-state index contributed by atoms with van der Waals surface area (Å²) in [4.78, 5) is 23.7. The third-order valence-electron chi connectivity index (χ3n) is 5.76. The first-order valence-electron chi connectivity index (χ1n) is 10.6. The fourth-order valence-electron chi connectivity index (χ4n) is 4.31. The Morgan fingerprint density at radius 1 is 1.16 bits per heavy atom. The van der Waals surface area contributed by atoms with E-state index in [1.54, 1.807) is 12.3 Å². The SMILES string of the molecule is CCCc1nc2c(C(=O)O)cc(N3CCOCC3)cc2n1-c1ccnc2ccccc12. The zero-order valence-corrected chi connectivity index (χ0v) is 17.4. The van der Waals surface area contributed by atoms with Crippen molar-refractivity contribution in [1.82, 2.24) is 14.5 Å². The molecule has 0 saturated carbocycles. The van der Waals surface area contributed by atoms with E-state index in [-0.39, 0.29) is 5.56 Å². The minimum Gasteiger partial charge on any atom is -0.478 e. The number of aryl methyl sites for hydroxylation is 1. The Labute approximate surface area is 179 Å². The predicted molar refractivity (Wildman–Crippen MR) is 120 cm³/mol. The largest absolute Gasteiger partial charge is 0.478 e. The van der Waals surface area contributed by atoms with Gasteiger partial charge in [-0.1, -0.05) is 25.1 Å². The molecule has 7 heteroatoms. The molecule has 5 rings (SSSR count). The van der Waals surface area contributed by atoms with Crippen LogP contribution in [0.3, 0.4) is 0 Å². The van der Waals surface area contributed by atoms with Gasteiger partial charge in [0, 0.05) is 36.8 Å². The van der Waals surface area contributed by atoms with E-state index in [0.29, 0.717) is 18.7 Å². The smallest absolute Gasteiger partial charge is 0.338 e. The highest BCUT2D eigenvalue weighted by molar-refractivity contribution is 6.04. The fraction of sp³-hybridized carbons (Fsp3) is 0.292. The average Bonchev–Trinajstić information content (AvgIpc) is 3.16. The van der Waals surface area contributed by atoms with Gasteiger partial charge in [0.1, 0.15) is 11.3 Å². The first-order valence-corrected chi connectivity index (χ1v) is 10.6. The monoisotopic (exact) mass is 416 g/mol. The number of aromatic carboxylic acids is 1. The maximum atomic E-state index is 12.2. The van der Waals surface area contributed by atoms with E-state index >= 15 is 0 Å². The van der Waals surface area contributed by atoms with E-state index < -0.39 is 5.97 Å². The van der Waals surface area contributed by atoms with Crippen LogP contribution >= 0.6 is 0 Å². The van der Waals surface area contributed by atoms with Gasteiger partial charge in [-0.3, -0.25) is 9.55 Å². The van der Waals surface area contributed by atoms with Gasteiger partial charge in [0.2, 0.25) is 0 Å². The summed E-state index contributed by atoms with van der Waals surface area (Å²) in [5.74, 6) is -0.108. The molecule has 31 heavy (non-hydrogen) atoms. The predicted octanol–water partition coefficient (Wildman–Crippen LogP) is 4.06. The minimum atomic E-state index is -0.965. The van der Waals surface area contributed by atoms with E-state index in [9.17, 15) is 9.90 Å². The molecule has 0 atom stereocenters. The van der Waals surface area contributed by atoms with Gasteiger partial charge in [0.15, 0.2) is 0 Å². The molecule has 2 aromatic carbocycles. The van der Waals surface area contributed by atoms with Crippen LogP contribution in [0.15, 0.2) is 48.7 Å². The number of fused-ring (bicyclic) bond motifs is 2. The lowest BCUT2D eigenvalue weighted by molar-refractivity contribution is 0.0699. The second-order valence-corrected chi connectivity index (χ2v) is 7.73. The summed E-state index contributed by atoms with van der Waals surface area (Å²) >= 11 is 0. The summed E-state index contributed by atoms with van der Waals surface area (Å²) in [5.41, 5.74) is 4.30. The number of hydrogen-bond donors (Lipinski definition) is 1. The maximum Gasteiger partial charge on any atom is 0.338 e. The van der Waals surface area contributed by atoms with Crippen LogP contribution in [0.2, 0.25) is 0 Å². The molecule has 4 aromatic rings. The van der Waals surface area contributed by atoms with Crippen LogP contribution in [0, 0.1) is 0 Å². The molecule has 0 radical (unpaired) electrons. The number of rotatable bonds is 5. The molecule has 1 N–H and O–H groups in total. The summed E-state index contributed by atoms with van der Waals surface area (Å²) in [7, 11) is 0. The van der Waals surface area contributed by atoms with Crippen molar-refractivity contribution in [3.8, 4) is 5.69 Å². The van der Waals surface area contributed by atoms with Gasteiger partial charge >= 0.3 is 5.97 Å². The minimum absolute atomic E-state index is 0.230. The molecular weight excluding hydrogens is 392 g/mol. The normalized spacial score (nSPS) is 14.4. The molecule has 1 aliphatic rings. The van der Waals surface area contributed by atoms with Crippen molar-refractivity contribution in [2.75, 3.05) is 31.2 Å². The third-order valence-corrected chi connectivity index (χ3v) is 5.76. The van der Waals surface area contributed by atoms with Crippen molar-refractivity contribution in [3.63, 3.8) is 0 Å². The van der Waals surface area contributed by atoms with Crippen molar-refractivity contribution in [2.24, 2.45) is 0 Å². The van der Waals surface area contributed by atoms with E-state index in [0.717, 1.165) is 59.5 Å². The number of morpholine rings is 1. The quantitative estimate of drug-likeness (QED) is 0.528. The summed E-state index contributed by atoms with van der Waals surface area (Å²) in [6, 6.07) is 13.8. The Bertz CT molecular complexity index is 1270. The molecule has 1 fully saturated rings. The Kier molecular flexibility index (Phi) is 5.03. The Morgan fingerprint density at radius 3 is 2.74 bits per heavy atom. The van der Waals surface area contributed by atoms with E-state index in [1.165, 1.54) is 0 Å². The number of aromatic nitrogens is 3. The summed E-state index contributed by atoms with van der Waals surface area (Å²) in [6.07, 6.45) is 3.45. The zero-order chi connectivity index (χ0) is 21.4. The molecule has 0 bridgehead atoms. The zero-order valence-electron chi connectivity index (χ0n) is 17.4. The van der Waals surface area contributed by atoms with Crippen molar-refractivity contribution in [3.05, 3.63) is 60.0 Å². The maximum absolute atomic E-state index is 12.2. The van der Waals surface area contributed by atoms with Gasteiger partial charge in [-0.15, -0.1) is 0 Å². The topological polar surface area (TPSA) is 80.5 Å². The van der Waals surface area contributed by atoms with Crippen LogP contribution in [0.5, 0.6) is 0 Å². The Balaban J connectivity index is 1.82. The summed E-state index contributed by atoms with van der Waals surface area (Å²) in [5, 5.41) is 11.0. The van der Waals surface area contributed by atoms with Crippen molar-refractivity contribution >= 4 is 33.6 Å². The number of imidazole rings is 1. The van der Waals surface area contributed by atoms with Gasteiger partial charge in [-0.05, 0) is 30.7 Å². The second-order valence-electron chi connectivity index (χ2n) is 7.73. The van der Waals surface area contributed by atoms with Gasteiger partial charge in [-0.2, -0.15) is 0 Å². The van der Waals surface area contributed by atoms with Crippen LogP contribution in [0.25, 0.3) is 27.6 Å².